The van der Waals surface area contributed by atoms with Crippen LogP contribution in [-0.2, 0) is 22.0 Å². The van der Waals surface area contributed by atoms with Crippen LogP contribution in [0.25, 0.3) is 22.3 Å². The highest BCUT2D eigenvalue weighted by molar-refractivity contribution is 7.82. The summed E-state index contributed by atoms with van der Waals surface area (Å²) in [6.45, 7) is 0. The molecule has 0 spiro atoms. The number of anilines is 2. The van der Waals surface area contributed by atoms with Crippen LogP contribution in [0.5, 0.6) is 0 Å². The first kappa shape index (κ1) is 25.9. The predicted octanol–water partition coefficient (Wildman–Crippen LogP) is 5.13. The minimum atomic E-state index is -4.24. The molecule has 1 amide bonds. The summed E-state index contributed by atoms with van der Waals surface area (Å²) in [6, 6.07) is 16.2. The average Bonchev–Trinajstić information content (AvgIpc) is 3.26. The van der Waals surface area contributed by atoms with Gasteiger partial charge < -0.3 is 15.6 Å². The van der Waals surface area contributed by atoms with Crippen molar-refractivity contribution in [3.05, 3.63) is 72.4 Å². The monoisotopic (exact) mass is 503 g/mol. The zero-order valence-corrected chi connectivity index (χ0v) is 20.0. The van der Waals surface area contributed by atoms with Gasteiger partial charge in [0.1, 0.15) is 16.6 Å². The van der Waals surface area contributed by atoms with E-state index in [-0.39, 0.29) is 0 Å². The molecule has 2 aromatic carbocycles. The van der Waals surface area contributed by atoms with E-state index in [9.17, 15) is 22.2 Å². The van der Waals surface area contributed by atoms with Crippen LogP contribution in [0.4, 0.5) is 24.5 Å². The van der Waals surface area contributed by atoms with Gasteiger partial charge in [0.05, 0.1) is 21.8 Å². The number of hydrogen-bond donors (Lipinski definition) is 3. The number of rotatable bonds is 6. The number of alkyl halides is 3. The Hall–Kier alpha value is -3.70. The van der Waals surface area contributed by atoms with Crippen molar-refractivity contribution in [3.8, 4) is 11.3 Å². The van der Waals surface area contributed by atoms with Gasteiger partial charge in [-0.1, -0.05) is 12.1 Å². The predicted molar refractivity (Wildman–Crippen MR) is 132 cm³/mol. The number of nitrogens with zero attached hydrogens (tertiary/aromatic N) is 2. The molecule has 3 N–H and O–H groups in total. The van der Waals surface area contributed by atoms with E-state index in [0.717, 1.165) is 33.7 Å². The van der Waals surface area contributed by atoms with Crippen molar-refractivity contribution >= 4 is 39.8 Å². The quantitative estimate of drug-likeness (QED) is 0.318. The smallest absolute Gasteiger partial charge is 0.388 e. The summed E-state index contributed by atoms with van der Waals surface area (Å²) >= 11 is 0. The van der Waals surface area contributed by atoms with E-state index in [4.69, 9.17) is 0 Å². The summed E-state index contributed by atoms with van der Waals surface area (Å²) in [4.78, 5) is 18.9. The van der Waals surface area contributed by atoms with E-state index in [1.807, 2.05) is 36.4 Å². The summed E-state index contributed by atoms with van der Waals surface area (Å²) in [5, 5.41) is 6.21. The number of H-pyrrole nitrogens is 1. The van der Waals surface area contributed by atoms with E-state index >= 15 is 0 Å². The summed E-state index contributed by atoms with van der Waals surface area (Å²) < 4.78 is 49.8. The number of pyridine rings is 1. The van der Waals surface area contributed by atoms with Crippen LogP contribution < -0.4 is 10.6 Å². The Morgan fingerprint density at radius 3 is 2.37 bits per heavy atom. The number of carbonyl (C=O) groups is 1. The molecule has 0 saturated carbocycles. The molecule has 4 rings (SSSR count). The number of hydrogen-bond acceptors (Lipinski definition) is 4. The molecule has 1 atom stereocenters. The number of amides is 1. The van der Waals surface area contributed by atoms with Crippen molar-refractivity contribution in [1.29, 1.82) is 0 Å². The molecule has 0 aliphatic heterocycles. The third-order valence-corrected chi connectivity index (χ3v) is 6.24. The molecule has 184 valence electrons. The lowest BCUT2D eigenvalue weighted by Crippen LogP contribution is -2.15. The molecule has 0 saturated heterocycles. The van der Waals surface area contributed by atoms with Crippen molar-refractivity contribution in [2.45, 2.75) is 11.1 Å². The van der Waals surface area contributed by atoms with Gasteiger partial charge in [-0.15, -0.1) is 0 Å². The Kier molecular flexibility index (Phi) is 8.26. The molecular formula is C24H24F3N5O2S. The van der Waals surface area contributed by atoms with E-state index in [1.54, 1.807) is 31.6 Å². The molecular weight excluding hydrogens is 479 g/mol. The largest absolute Gasteiger partial charge is 0.416 e. The summed E-state index contributed by atoms with van der Waals surface area (Å²) in [5.74, 6) is 0. The highest BCUT2D eigenvalue weighted by atomic mass is 32.2. The maximum atomic E-state index is 12.2. The Bertz CT molecular complexity index is 1320. The highest BCUT2D eigenvalue weighted by Gasteiger charge is 2.29. The third kappa shape index (κ3) is 6.46. The normalized spacial score (nSPS) is 12.1. The fourth-order valence-corrected chi connectivity index (χ4v) is 3.99. The molecule has 0 aliphatic rings. The lowest BCUT2D eigenvalue weighted by Gasteiger charge is -2.10. The number of benzene rings is 2. The fraction of sp³-hybridized carbons (Fsp3) is 0.167. The van der Waals surface area contributed by atoms with Crippen LogP contribution in [-0.4, -0.2) is 46.0 Å². The second-order valence-corrected chi connectivity index (χ2v) is 9.17. The molecule has 0 radical (unpaired) electrons. The van der Waals surface area contributed by atoms with Gasteiger partial charge in [-0.25, -0.2) is 13.5 Å². The number of aromatic amines is 1. The Labute approximate surface area is 203 Å². The van der Waals surface area contributed by atoms with Crippen LogP contribution in [0.2, 0.25) is 0 Å². The Morgan fingerprint density at radius 2 is 1.77 bits per heavy atom. The first-order valence-electron chi connectivity index (χ1n) is 10.4. The van der Waals surface area contributed by atoms with Gasteiger partial charge in [0.2, 0.25) is 6.41 Å². The SMILES string of the molecule is CN(C)S(=O)c1cccc(-c2ccc3c(NC=O)c[nH]c3n2)c1.CNc1ccc(C(F)(F)F)cc1. The van der Waals surface area contributed by atoms with Crippen molar-refractivity contribution in [1.82, 2.24) is 14.3 Å². The van der Waals surface area contributed by atoms with Gasteiger partial charge in [0.25, 0.3) is 0 Å². The van der Waals surface area contributed by atoms with Crippen LogP contribution in [0, 0.1) is 0 Å². The minimum absolute atomic E-state index is 0.624. The standard InChI is InChI=1S/C16H16N4O2S.C8H8F3N/c1-20(2)23(22)12-5-3-4-11(8-12)14-7-6-13-15(18-10-21)9-17-16(13)19-14;1-12-7-4-2-6(3-5-7)8(9,10)11/h3-10H,1-2H3,(H,17,19)(H,18,21);2-5,12H,1H3. The van der Waals surface area contributed by atoms with E-state index < -0.39 is 22.7 Å². The lowest BCUT2D eigenvalue weighted by atomic mass is 10.1. The van der Waals surface area contributed by atoms with Crippen LogP contribution in [0.15, 0.2) is 71.8 Å². The van der Waals surface area contributed by atoms with E-state index in [2.05, 4.69) is 20.6 Å². The third-order valence-electron chi connectivity index (χ3n) is 4.92. The molecule has 11 heteroatoms. The lowest BCUT2D eigenvalue weighted by molar-refractivity contribution is -0.137. The van der Waals surface area contributed by atoms with Gasteiger partial charge in [-0.2, -0.15) is 13.2 Å². The average molecular weight is 504 g/mol. The Morgan fingerprint density at radius 1 is 1.06 bits per heavy atom. The topological polar surface area (TPSA) is 90.1 Å². The van der Waals surface area contributed by atoms with Gasteiger partial charge in [-0.05, 0) is 62.6 Å². The van der Waals surface area contributed by atoms with Crippen molar-refractivity contribution in [2.24, 2.45) is 0 Å². The zero-order chi connectivity index (χ0) is 25.6. The summed E-state index contributed by atoms with van der Waals surface area (Å²) in [7, 11) is 4.00. The number of carbonyl (C=O) groups excluding carboxylic acids is 1. The van der Waals surface area contributed by atoms with Gasteiger partial charge in [-0.3, -0.25) is 4.79 Å². The summed E-state index contributed by atoms with van der Waals surface area (Å²) in [5.41, 5.74) is 3.08. The molecule has 2 aromatic heterocycles. The first-order valence-corrected chi connectivity index (χ1v) is 11.5. The van der Waals surface area contributed by atoms with Crippen LogP contribution in [0.3, 0.4) is 0 Å². The van der Waals surface area contributed by atoms with Crippen molar-refractivity contribution < 1.29 is 22.2 Å². The molecule has 0 fully saturated rings. The first-order chi connectivity index (χ1) is 16.6. The molecule has 0 bridgehead atoms. The molecule has 1 unspecified atom stereocenters. The maximum absolute atomic E-state index is 12.2. The molecule has 7 nitrogen and oxygen atoms in total. The maximum Gasteiger partial charge on any atom is 0.416 e. The number of aromatic nitrogens is 2. The van der Waals surface area contributed by atoms with E-state index in [0.29, 0.717) is 23.4 Å². The number of nitrogens with one attached hydrogen (secondary N) is 3. The van der Waals surface area contributed by atoms with Gasteiger partial charge in [0.15, 0.2) is 0 Å². The number of halogens is 3. The summed E-state index contributed by atoms with van der Waals surface area (Å²) in [6.07, 6.45) is -1.91. The highest BCUT2D eigenvalue weighted by Crippen LogP contribution is 2.30. The van der Waals surface area contributed by atoms with Crippen molar-refractivity contribution in [3.63, 3.8) is 0 Å². The van der Waals surface area contributed by atoms with Gasteiger partial charge >= 0.3 is 6.18 Å². The second-order valence-electron chi connectivity index (χ2n) is 7.47. The van der Waals surface area contributed by atoms with Gasteiger partial charge in [0, 0.05) is 29.9 Å². The molecule has 4 aromatic rings. The van der Waals surface area contributed by atoms with Crippen LogP contribution >= 0.6 is 0 Å². The molecule has 2 heterocycles. The number of fused-ring (bicyclic) bond motifs is 1. The second kappa shape index (κ2) is 11.2. The molecule has 35 heavy (non-hydrogen) atoms. The van der Waals surface area contributed by atoms with E-state index in [1.165, 1.54) is 12.1 Å². The molecule has 0 aliphatic carbocycles. The fourth-order valence-electron chi connectivity index (χ4n) is 3.15. The van der Waals surface area contributed by atoms with Crippen LogP contribution in [0.1, 0.15) is 5.56 Å². The van der Waals surface area contributed by atoms with Crippen molar-refractivity contribution in [2.75, 3.05) is 31.8 Å². The Balaban J connectivity index is 0.000000241. The zero-order valence-electron chi connectivity index (χ0n) is 19.2. The minimum Gasteiger partial charge on any atom is -0.388 e.